The Hall–Kier alpha value is -0.720. The van der Waals surface area contributed by atoms with Gasteiger partial charge in [-0.25, -0.2) is 13.1 Å². The van der Waals surface area contributed by atoms with E-state index in [9.17, 15) is 8.42 Å². The van der Waals surface area contributed by atoms with Gasteiger partial charge in [-0.15, -0.1) is 0 Å². The number of benzene rings is 1. The number of sulfonamides is 1. The van der Waals surface area contributed by atoms with E-state index in [4.69, 9.17) is 0 Å². The summed E-state index contributed by atoms with van der Waals surface area (Å²) in [6.07, 6.45) is 3.07. The van der Waals surface area contributed by atoms with Gasteiger partial charge in [0.05, 0.1) is 5.69 Å². The van der Waals surface area contributed by atoms with Gasteiger partial charge in [0, 0.05) is 11.8 Å². The number of thioether (sulfide) groups is 1. The Morgan fingerprint density at radius 1 is 1.33 bits per heavy atom. The van der Waals surface area contributed by atoms with Gasteiger partial charge in [-0.1, -0.05) is 19.1 Å². The molecule has 0 radical (unpaired) electrons. The molecule has 6 heteroatoms. The zero-order valence-corrected chi connectivity index (χ0v) is 12.6. The van der Waals surface area contributed by atoms with Crippen LogP contribution in [0.25, 0.3) is 0 Å². The van der Waals surface area contributed by atoms with Gasteiger partial charge in [0.15, 0.2) is 0 Å². The maximum Gasteiger partial charge on any atom is 0.242 e. The molecule has 0 aliphatic rings. The number of hydrogen-bond donors (Lipinski definition) is 2. The van der Waals surface area contributed by atoms with Crippen molar-refractivity contribution in [3.63, 3.8) is 0 Å². The third-order valence-electron chi connectivity index (χ3n) is 2.71. The fraction of sp³-hybridized carbons (Fsp3) is 0.500. The second-order valence-electron chi connectivity index (χ2n) is 3.97. The molecule has 1 aromatic rings. The van der Waals surface area contributed by atoms with E-state index in [1.165, 1.54) is 7.05 Å². The van der Waals surface area contributed by atoms with Gasteiger partial charge in [0.1, 0.15) is 4.90 Å². The molecule has 0 aromatic heterocycles. The molecule has 0 heterocycles. The molecule has 1 unspecified atom stereocenters. The smallest absolute Gasteiger partial charge is 0.242 e. The van der Waals surface area contributed by atoms with Crippen LogP contribution in [0, 0.1) is 0 Å². The molecule has 2 N–H and O–H groups in total. The van der Waals surface area contributed by atoms with Crippen LogP contribution in [0.5, 0.6) is 0 Å². The Labute approximate surface area is 114 Å². The molecule has 4 nitrogen and oxygen atoms in total. The van der Waals surface area contributed by atoms with Gasteiger partial charge in [0.2, 0.25) is 10.0 Å². The van der Waals surface area contributed by atoms with Gasteiger partial charge in [-0.2, -0.15) is 11.8 Å². The summed E-state index contributed by atoms with van der Waals surface area (Å²) in [5.41, 5.74) is 0.653. The highest BCUT2D eigenvalue weighted by Crippen LogP contribution is 2.20. The molecule has 0 saturated carbocycles. The monoisotopic (exact) mass is 288 g/mol. The van der Waals surface area contributed by atoms with E-state index in [0.29, 0.717) is 15.8 Å². The Balaban J connectivity index is 2.78. The first kappa shape index (κ1) is 15.3. The summed E-state index contributed by atoms with van der Waals surface area (Å²) in [5.74, 6) is 0. The molecule has 0 fully saturated rings. The summed E-state index contributed by atoms with van der Waals surface area (Å²) in [4.78, 5) is 0.296. The molecule has 0 saturated heterocycles. The van der Waals surface area contributed by atoms with Crippen LogP contribution in [-0.4, -0.2) is 33.5 Å². The first-order valence-corrected chi connectivity index (χ1v) is 8.57. The van der Waals surface area contributed by atoms with Crippen molar-refractivity contribution >= 4 is 27.5 Å². The lowest BCUT2D eigenvalue weighted by atomic mass is 10.3. The van der Waals surface area contributed by atoms with Gasteiger partial charge >= 0.3 is 0 Å². The Morgan fingerprint density at radius 2 is 2.00 bits per heavy atom. The maximum atomic E-state index is 11.8. The summed E-state index contributed by atoms with van der Waals surface area (Å²) in [6, 6.07) is 6.94. The fourth-order valence-electron chi connectivity index (χ4n) is 1.48. The normalized spacial score (nSPS) is 13.3. The predicted molar refractivity (Wildman–Crippen MR) is 78.8 cm³/mol. The second-order valence-corrected chi connectivity index (χ2v) is 7.10. The lowest BCUT2D eigenvalue weighted by molar-refractivity contribution is 0.588. The summed E-state index contributed by atoms with van der Waals surface area (Å²) in [7, 11) is -1.98. The van der Waals surface area contributed by atoms with E-state index in [0.717, 1.165) is 13.0 Å². The molecule has 0 aliphatic carbocycles. The molecular weight excluding hydrogens is 268 g/mol. The summed E-state index contributed by atoms with van der Waals surface area (Å²) in [6.45, 7) is 2.92. The first-order chi connectivity index (χ1) is 8.51. The standard InChI is InChI=1S/C12H20N2O2S2/c1-10(17-3)8-9-14-11-6-4-5-7-12(11)18(15,16)13-2/h4-7,10,13-14H,8-9H2,1-3H3. The van der Waals surface area contributed by atoms with Crippen LogP contribution in [0.2, 0.25) is 0 Å². The van der Waals surface area contributed by atoms with Crippen LogP contribution in [0.4, 0.5) is 5.69 Å². The zero-order chi connectivity index (χ0) is 13.6. The number of rotatable bonds is 7. The van der Waals surface area contributed by atoms with Gasteiger partial charge in [-0.05, 0) is 31.9 Å². The lowest BCUT2D eigenvalue weighted by Gasteiger charge is -2.13. The molecule has 18 heavy (non-hydrogen) atoms. The van der Waals surface area contributed by atoms with Crippen molar-refractivity contribution < 1.29 is 8.42 Å². The molecule has 0 amide bonds. The van der Waals surface area contributed by atoms with Crippen LogP contribution in [0.1, 0.15) is 13.3 Å². The number of nitrogens with one attached hydrogen (secondary N) is 2. The molecular formula is C12H20N2O2S2. The SMILES string of the molecule is CNS(=O)(=O)c1ccccc1NCCC(C)SC. The number of para-hydroxylation sites is 1. The number of hydrogen-bond acceptors (Lipinski definition) is 4. The van der Waals surface area contributed by atoms with Crippen molar-refractivity contribution in [1.82, 2.24) is 4.72 Å². The van der Waals surface area contributed by atoms with Crippen LogP contribution in [0.3, 0.4) is 0 Å². The summed E-state index contributed by atoms with van der Waals surface area (Å²) >= 11 is 1.80. The van der Waals surface area contributed by atoms with E-state index >= 15 is 0 Å². The third-order valence-corrected chi connectivity index (χ3v) is 5.23. The van der Waals surface area contributed by atoms with Crippen LogP contribution < -0.4 is 10.0 Å². The fourth-order valence-corrected chi connectivity index (χ4v) is 2.75. The highest BCUT2D eigenvalue weighted by Gasteiger charge is 2.15. The van der Waals surface area contributed by atoms with E-state index in [-0.39, 0.29) is 0 Å². The Bertz CT molecular complexity index is 475. The molecule has 102 valence electrons. The average molecular weight is 288 g/mol. The quantitative estimate of drug-likeness (QED) is 0.807. The van der Waals surface area contributed by atoms with Gasteiger partial charge < -0.3 is 5.32 Å². The topological polar surface area (TPSA) is 58.2 Å². The van der Waals surface area contributed by atoms with E-state index in [1.807, 2.05) is 6.07 Å². The summed E-state index contributed by atoms with van der Waals surface area (Å²) < 4.78 is 26.0. The Morgan fingerprint density at radius 3 is 2.61 bits per heavy atom. The Kier molecular flexibility index (Phi) is 5.98. The molecule has 0 spiro atoms. The van der Waals surface area contributed by atoms with Crippen molar-refractivity contribution in [2.75, 3.05) is 25.2 Å². The minimum Gasteiger partial charge on any atom is -0.384 e. The highest BCUT2D eigenvalue weighted by molar-refractivity contribution is 7.99. The van der Waals surface area contributed by atoms with Crippen molar-refractivity contribution in [2.24, 2.45) is 0 Å². The largest absolute Gasteiger partial charge is 0.384 e. The first-order valence-electron chi connectivity index (χ1n) is 5.80. The molecule has 1 atom stereocenters. The highest BCUT2D eigenvalue weighted by atomic mass is 32.2. The van der Waals surface area contributed by atoms with Gasteiger partial charge in [0.25, 0.3) is 0 Å². The predicted octanol–water partition coefficient (Wildman–Crippen LogP) is 2.15. The molecule has 0 bridgehead atoms. The van der Waals surface area contributed by atoms with Crippen molar-refractivity contribution in [3.8, 4) is 0 Å². The molecule has 0 aliphatic heterocycles. The van der Waals surface area contributed by atoms with Crippen LogP contribution in [-0.2, 0) is 10.0 Å². The van der Waals surface area contributed by atoms with E-state index in [2.05, 4.69) is 23.2 Å². The second kappa shape index (κ2) is 7.01. The van der Waals surface area contributed by atoms with E-state index < -0.39 is 10.0 Å². The third kappa shape index (κ3) is 4.19. The number of anilines is 1. The van der Waals surface area contributed by atoms with Crippen LogP contribution in [0.15, 0.2) is 29.2 Å². The molecule has 1 aromatic carbocycles. The van der Waals surface area contributed by atoms with Crippen molar-refractivity contribution in [1.29, 1.82) is 0 Å². The molecule has 1 rings (SSSR count). The summed E-state index contributed by atoms with van der Waals surface area (Å²) in [5, 5.41) is 3.75. The average Bonchev–Trinajstić information content (AvgIpc) is 2.39. The zero-order valence-electron chi connectivity index (χ0n) is 10.9. The van der Waals surface area contributed by atoms with Crippen LogP contribution >= 0.6 is 11.8 Å². The maximum absolute atomic E-state index is 11.8. The van der Waals surface area contributed by atoms with Crippen molar-refractivity contribution in [2.45, 2.75) is 23.5 Å². The minimum atomic E-state index is -3.40. The minimum absolute atomic E-state index is 0.296. The van der Waals surface area contributed by atoms with E-state index in [1.54, 1.807) is 30.0 Å². The lowest BCUT2D eigenvalue weighted by Crippen LogP contribution is -2.20. The van der Waals surface area contributed by atoms with Gasteiger partial charge in [-0.3, -0.25) is 0 Å². The van der Waals surface area contributed by atoms with Crippen molar-refractivity contribution in [3.05, 3.63) is 24.3 Å².